The summed E-state index contributed by atoms with van der Waals surface area (Å²) in [7, 11) is -2.90. The number of aromatic nitrogens is 2. The molecule has 2 amide bonds. The van der Waals surface area contributed by atoms with E-state index in [1.165, 1.54) is 0 Å². The van der Waals surface area contributed by atoms with E-state index in [0.29, 0.717) is 37.4 Å². The number of rotatable bonds is 7. The Kier molecular flexibility index (Phi) is 9.20. The van der Waals surface area contributed by atoms with E-state index in [1.807, 2.05) is 87.5 Å². The number of amides is 2. The third-order valence-corrected chi connectivity index (χ3v) is 10.1. The maximum Gasteiger partial charge on any atom is 0.410 e. The number of H-pyrrole nitrogens is 1. The van der Waals surface area contributed by atoms with Crippen LogP contribution in [0.1, 0.15) is 61.4 Å². The van der Waals surface area contributed by atoms with Gasteiger partial charge in [0.25, 0.3) is 5.91 Å². The predicted molar refractivity (Wildman–Crippen MR) is 183 cm³/mol. The average molecular weight is 656 g/mol. The first-order valence-corrected chi connectivity index (χ1v) is 17.8. The molecule has 11 heteroatoms. The number of nitrogens with zero attached hydrogens (tertiary/aromatic N) is 3. The van der Waals surface area contributed by atoms with Gasteiger partial charge < -0.3 is 15.0 Å². The van der Waals surface area contributed by atoms with Crippen LogP contribution < -0.4 is 5.32 Å². The van der Waals surface area contributed by atoms with Crippen LogP contribution in [0, 0.1) is 0 Å². The Morgan fingerprint density at radius 2 is 1.64 bits per heavy atom. The second kappa shape index (κ2) is 13.3. The maximum atomic E-state index is 13.0. The highest BCUT2D eigenvalue weighted by molar-refractivity contribution is 7.91. The average Bonchev–Trinajstić information content (AvgIpc) is 3.73. The van der Waals surface area contributed by atoms with Crippen LogP contribution in [0.4, 0.5) is 10.5 Å². The first-order valence-electron chi connectivity index (χ1n) is 16.0. The van der Waals surface area contributed by atoms with Gasteiger partial charge in [0.2, 0.25) is 0 Å². The molecule has 1 aromatic heterocycles. The zero-order valence-corrected chi connectivity index (χ0v) is 27.8. The van der Waals surface area contributed by atoms with Crippen LogP contribution in [0.25, 0.3) is 22.4 Å². The lowest BCUT2D eigenvalue weighted by molar-refractivity contribution is 0.0218. The molecule has 0 radical (unpaired) electrons. The molecule has 1 unspecified atom stereocenters. The van der Waals surface area contributed by atoms with Gasteiger partial charge in [0.15, 0.2) is 9.84 Å². The molecule has 6 rings (SSSR count). The van der Waals surface area contributed by atoms with Crippen molar-refractivity contribution < 1.29 is 22.7 Å². The number of hydrogen-bond donors (Lipinski definition) is 2. The Bertz CT molecular complexity index is 1830. The fraction of sp³-hybridized carbons (Fsp3) is 0.361. The van der Waals surface area contributed by atoms with Gasteiger partial charge in [-0.1, -0.05) is 42.5 Å². The van der Waals surface area contributed by atoms with Crippen molar-refractivity contribution in [2.45, 2.75) is 51.8 Å². The molecule has 3 aromatic carbocycles. The quantitative estimate of drug-likeness (QED) is 0.240. The van der Waals surface area contributed by atoms with E-state index in [2.05, 4.69) is 26.3 Å². The second-order valence-electron chi connectivity index (χ2n) is 13.3. The molecule has 2 aliphatic rings. The van der Waals surface area contributed by atoms with Gasteiger partial charge in [0.05, 0.1) is 29.4 Å². The Morgan fingerprint density at radius 1 is 0.936 bits per heavy atom. The van der Waals surface area contributed by atoms with Gasteiger partial charge in [-0.3, -0.25) is 14.6 Å². The van der Waals surface area contributed by atoms with E-state index in [-0.39, 0.29) is 29.5 Å². The summed E-state index contributed by atoms with van der Waals surface area (Å²) in [5, 5.41) is 2.96. The number of anilines is 1. The Morgan fingerprint density at radius 3 is 2.34 bits per heavy atom. The topological polar surface area (TPSA) is 125 Å². The first-order chi connectivity index (χ1) is 22.4. The van der Waals surface area contributed by atoms with Crippen molar-refractivity contribution in [2.24, 2.45) is 0 Å². The summed E-state index contributed by atoms with van der Waals surface area (Å²) in [5.74, 6) is 0.957. The highest BCUT2D eigenvalue weighted by Gasteiger charge is 2.35. The number of sulfone groups is 1. The molecular formula is C36H41N5O5S. The zero-order chi connectivity index (χ0) is 33.2. The normalized spacial score (nSPS) is 18.2. The van der Waals surface area contributed by atoms with Gasteiger partial charge in [-0.2, -0.15) is 0 Å². The lowest BCUT2D eigenvalue weighted by Crippen LogP contribution is -2.39. The molecular weight excluding hydrogens is 614 g/mol. The van der Waals surface area contributed by atoms with Crippen molar-refractivity contribution in [3.63, 3.8) is 0 Å². The third-order valence-electron chi connectivity index (χ3n) is 8.50. The number of likely N-dealkylation sites (tertiary alicyclic amines) is 1. The molecule has 47 heavy (non-hydrogen) atoms. The van der Waals surface area contributed by atoms with Crippen LogP contribution in [0.15, 0.2) is 79.0 Å². The highest BCUT2D eigenvalue weighted by Crippen LogP contribution is 2.33. The van der Waals surface area contributed by atoms with Gasteiger partial charge in [0, 0.05) is 43.0 Å². The molecule has 2 saturated heterocycles. The molecule has 2 fully saturated rings. The van der Waals surface area contributed by atoms with Crippen molar-refractivity contribution in [2.75, 3.05) is 36.5 Å². The Balaban J connectivity index is 1.07. The Hall–Kier alpha value is -4.48. The van der Waals surface area contributed by atoms with Gasteiger partial charge in [-0.15, -0.1) is 0 Å². The second-order valence-corrected chi connectivity index (χ2v) is 15.6. The van der Waals surface area contributed by atoms with E-state index in [4.69, 9.17) is 4.74 Å². The summed E-state index contributed by atoms with van der Waals surface area (Å²) in [6.45, 7) is 8.02. The predicted octanol–water partition coefficient (Wildman–Crippen LogP) is 6.30. The van der Waals surface area contributed by atoms with E-state index in [0.717, 1.165) is 46.6 Å². The van der Waals surface area contributed by atoms with Crippen LogP contribution in [-0.4, -0.2) is 76.9 Å². The van der Waals surface area contributed by atoms with E-state index < -0.39 is 15.4 Å². The SMILES string of the molecule is CC(C)(C)OC(=O)N1CCCC1c1ncc(-c2cccc(-c3ccc(C(=O)Nc4ccc(CN5CCS(=O)(=O)CC5)cc4)cc3)c2)[nH]1. The largest absolute Gasteiger partial charge is 0.444 e. The third kappa shape index (κ3) is 8.09. The summed E-state index contributed by atoms with van der Waals surface area (Å²) < 4.78 is 29.0. The standard InChI is InChI=1S/C36H41N5O5S/c1-36(2,3)46-35(43)41-17-5-8-32(41)33-37-23-31(39-33)29-7-4-6-28(22-29)26-11-13-27(14-12-26)34(42)38-30-15-9-25(10-16-30)24-40-18-20-47(44,45)21-19-40/h4,6-7,9-16,22-23,32H,5,8,17-21,24H2,1-3H3,(H,37,39)(H,38,42). The van der Waals surface area contributed by atoms with Gasteiger partial charge in [0.1, 0.15) is 11.4 Å². The number of ether oxygens (including phenoxy) is 1. The number of nitrogens with one attached hydrogen (secondary N) is 2. The van der Waals surface area contributed by atoms with E-state index >= 15 is 0 Å². The molecule has 4 aromatic rings. The molecule has 0 saturated carbocycles. The summed E-state index contributed by atoms with van der Waals surface area (Å²) in [6, 6.07) is 23.1. The molecule has 3 heterocycles. The van der Waals surface area contributed by atoms with Crippen LogP contribution in [0.3, 0.4) is 0 Å². The minimum absolute atomic E-state index is 0.152. The highest BCUT2D eigenvalue weighted by atomic mass is 32.2. The van der Waals surface area contributed by atoms with Crippen molar-refractivity contribution in [3.8, 4) is 22.4 Å². The van der Waals surface area contributed by atoms with E-state index in [1.54, 1.807) is 11.1 Å². The zero-order valence-electron chi connectivity index (χ0n) is 27.0. The fourth-order valence-corrected chi connectivity index (χ4v) is 7.26. The van der Waals surface area contributed by atoms with Gasteiger partial charge >= 0.3 is 6.09 Å². The number of hydrogen-bond acceptors (Lipinski definition) is 7. The molecule has 0 spiro atoms. The van der Waals surface area contributed by atoms with Crippen molar-refractivity contribution >= 4 is 27.5 Å². The molecule has 246 valence electrons. The van der Waals surface area contributed by atoms with Crippen molar-refractivity contribution in [1.82, 2.24) is 19.8 Å². The van der Waals surface area contributed by atoms with Crippen molar-refractivity contribution in [1.29, 1.82) is 0 Å². The van der Waals surface area contributed by atoms with Crippen LogP contribution in [0.5, 0.6) is 0 Å². The number of carbonyl (C=O) groups excluding carboxylic acids is 2. The smallest absolute Gasteiger partial charge is 0.410 e. The van der Waals surface area contributed by atoms with Crippen LogP contribution in [0.2, 0.25) is 0 Å². The summed E-state index contributed by atoms with van der Waals surface area (Å²) >= 11 is 0. The van der Waals surface area contributed by atoms with Gasteiger partial charge in [-0.25, -0.2) is 18.2 Å². The monoisotopic (exact) mass is 655 g/mol. The van der Waals surface area contributed by atoms with Crippen molar-refractivity contribution in [3.05, 3.63) is 95.9 Å². The lowest BCUT2D eigenvalue weighted by Gasteiger charge is -2.27. The number of benzene rings is 3. The summed E-state index contributed by atoms with van der Waals surface area (Å²) in [6.07, 6.45) is 3.21. The summed E-state index contributed by atoms with van der Waals surface area (Å²) in [5.41, 5.74) is 5.58. The van der Waals surface area contributed by atoms with Crippen LogP contribution >= 0.6 is 0 Å². The number of imidazole rings is 1. The molecule has 10 nitrogen and oxygen atoms in total. The molecule has 0 aliphatic carbocycles. The minimum Gasteiger partial charge on any atom is -0.444 e. The lowest BCUT2D eigenvalue weighted by atomic mass is 10.0. The number of carbonyl (C=O) groups is 2. The number of aromatic amines is 1. The van der Waals surface area contributed by atoms with Gasteiger partial charge in [-0.05, 0) is 80.6 Å². The van der Waals surface area contributed by atoms with E-state index in [9.17, 15) is 18.0 Å². The molecule has 1 atom stereocenters. The summed E-state index contributed by atoms with van der Waals surface area (Å²) in [4.78, 5) is 37.7. The minimum atomic E-state index is -2.90. The first kappa shape index (κ1) is 32.5. The molecule has 2 aliphatic heterocycles. The maximum absolute atomic E-state index is 13.0. The fourth-order valence-electron chi connectivity index (χ4n) is 5.99. The van der Waals surface area contributed by atoms with Crippen LogP contribution in [-0.2, 0) is 21.1 Å². The Labute approximate surface area is 276 Å². The molecule has 0 bridgehead atoms. The molecule has 2 N–H and O–H groups in total.